The van der Waals surface area contributed by atoms with Crippen molar-refractivity contribution in [1.29, 1.82) is 0 Å². The molecule has 4 heteroatoms. The van der Waals surface area contributed by atoms with Gasteiger partial charge in [0.2, 0.25) is 0 Å². The maximum Gasteiger partial charge on any atom is 0.291 e. The van der Waals surface area contributed by atoms with Crippen LogP contribution in [0.2, 0.25) is 0 Å². The van der Waals surface area contributed by atoms with Crippen LogP contribution in [0.5, 0.6) is 0 Å². The highest BCUT2D eigenvalue weighted by Crippen LogP contribution is 2.20. The number of hydrogen-bond acceptors (Lipinski definition) is 3. The Kier molecular flexibility index (Phi) is 2.87. The minimum atomic E-state index is -0.292. The van der Waals surface area contributed by atoms with Crippen LogP contribution in [0.4, 0.5) is 11.6 Å². The van der Waals surface area contributed by atoms with Crippen molar-refractivity contribution in [1.82, 2.24) is 0 Å². The van der Waals surface area contributed by atoms with Crippen LogP contribution in [0.25, 0.3) is 0 Å². The average molecular weight is 230 g/mol. The molecule has 0 bridgehead atoms. The molecule has 0 atom stereocenters. The molecule has 0 radical (unpaired) electrons. The molecule has 0 aliphatic carbocycles. The number of benzene rings is 1. The van der Waals surface area contributed by atoms with Crippen LogP contribution in [0, 0.1) is 13.8 Å². The van der Waals surface area contributed by atoms with Crippen LogP contribution < -0.4 is 11.1 Å². The quantitative estimate of drug-likeness (QED) is 0.833. The Balaban J connectivity index is 2.24. The predicted octanol–water partition coefficient (Wildman–Crippen LogP) is 2.73. The summed E-state index contributed by atoms with van der Waals surface area (Å²) in [5.74, 6) is 0.154. The molecule has 0 unspecified atom stereocenters. The van der Waals surface area contributed by atoms with Gasteiger partial charge < -0.3 is 15.5 Å². The lowest BCUT2D eigenvalue weighted by atomic mass is 10.1. The third kappa shape index (κ3) is 2.30. The number of hydrogen-bond donors (Lipinski definition) is 2. The normalized spacial score (nSPS) is 10.2. The third-order valence-corrected chi connectivity index (χ3v) is 2.57. The summed E-state index contributed by atoms with van der Waals surface area (Å²) in [6.07, 6.45) is 0. The first kappa shape index (κ1) is 11.3. The Hall–Kier alpha value is -2.23. The SMILES string of the molecule is Cc1cccc(C)c1NC(=O)c1ccc(N)o1. The van der Waals surface area contributed by atoms with Crippen molar-refractivity contribution >= 4 is 17.5 Å². The van der Waals surface area contributed by atoms with E-state index in [1.807, 2.05) is 32.0 Å². The fourth-order valence-corrected chi connectivity index (χ4v) is 1.66. The van der Waals surface area contributed by atoms with E-state index in [2.05, 4.69) is 5.32 Å². The smallest absolute Gasteiger partial charge is 0.291 e. The van der Waals surface area contributed by atoms with E-state index in [-0.39, 0.29) is 17.6 Å². The summed E-state index contributed by atoms with van der Waals surface area (Å²) in [7, 11) is 0. The number of nitrogen functional groups attached to an aromatic ring is 1. The summed E-state index contributed by atoms with van der Waals surface area (Å²) < 4.78 is 5.06. The molecular formula is C13H14N2O2. The third-order valence-electron chi connectivity index (χ3n) is 2.57. The maximum atomic E-state index is 11.9. The van der Waals surface area contributed by atoms with Gasteiger partial charge >= 0.3 is 0 Å². The Bertz CT molecular complexity index is 538. The van der Waals surface area contributed by atoms with Gasteiger partial charge in [0.25, 0.3) is 5.91 Å². The van der Waals surface area contributed by atoms with Crippen LogP contribution in [0.1, 0.15) is 21.7 Å². The standard InChI is InChI=1S/C13H14N2O2/c1-8-4-3-5-9(2)12(8)15-13(16)10-6-7-11(14)17-10/h3-7H,14H2,1-2H3,(H,15,16). The van der Waals surface area contributed by atoms with Crippen LogP contribution in [0.15, 0.2) is 34.7 Å². The molecular weight excluding hydrogens is 216 g/mol. The first-order valence-corrected chi connectivity index (χ1v) is 5.31. The summed E-state index contributed by atoms with van der Waals surface area (Å²) >= 11 is 0. The van der Waals surface area contributed by atoms with Crippen LogP contribution in [0.3, 0.4) is 0 Å². The summed E-state index contributed by atoms with van der Waals surface area (Å²) in [5, 5.41) is 2.82. The molecule has 0 fully saturated rings. The molecule has 2 aromatic rings. The molecule has 0 saturated carbocycles. The van der Waals surface area contributed by atoms with Crippen LogP contribution >= 0.6 is 0 Å². The van der Waals surface area contributed by atoms with Gasteiger partial charge in [-0.15, -0.1) is 0 Å². The highest BCUT2D eigenvalue weighted by atomic mass is 16.4. The second-order valence-electron chi connectivity index (χ2n) is 3.92. The van der Waals surface area contributed by atoms with E-state index in [0.29, 0.717) is 0 Å². The highest BCUT2D eigenvalue weighted by molar-refractivity contribution is 6.03. The van der Waals surface area contributed by atoms with Crippen molar-refractivity contribution in [3.05, 3.63) is 47.2 Å². The number of rotatable bonds is 2. The molecule has 1 amide bonds. The van der Waals surface area contributed by atoms with Gasteiger partial charge in [0.1, 0.15) is 0 Å². The van der Waals surface area contributed by atoms with E-state index in [9.17, 15) is 4.79 Å². The number of anilines is 2. The van der Waals surface area contributed by atoms with Gasteiger partial charge in [0.15, 0.2) is 11.6 Å². The topological polar surface area (TPSA) is 68.3 Å². The van der Waals surface area contributed by atoms with Gasteiger partial charge in [-0.2, -0.15) is 0 Å². The molecule has 17 heavy (non-hydrogen) atoms. The largest absolute Gasteiger partial charge is 0.436 e. The number of nitrogens with one attached hydrogen (secondary N) is 1. The van der Waals surface area contributed by atoms with Crippen molar-refractivity contribution in [2.75, 3.05) is 11.1 Å². The fourth-order valence-electron chi connectivity index (χ4n) is 1.66. The lowest BCUT2D eigenvalue weighted by Gasteiger charge is -2.09. The summed E-state index contributed by atoms with van der Waals surface area (Å²) in [4.78, 5) is 11.9. The number of para-hydroxylation sites is 1. The molecule has 88 valence electrons. The summed E-state index contributed by atoms with van der Waals surface area (Å²) in [6.45, 7) is 3.89. The van der Waals surface area contributed by atoms with Crippen LogP contribution in [-0.2, 0) is 0 Å². The van der Waals surface area contributed by atoms with E-state index in [0.717, 1.165) is 16.8 Å². The molecule has 4 nitrogen and oxygen atoms in total. The summed E-state index contributed by atoms with van der Waals surface area (Å²) in [5.41, 5.74) is 8.26. The number of nitrogens with two attached hydrogens (primary N) is 1. The Morgan fingerprint density at radius 2 is 1.82 bits per heavy atom. The first-order valence-electron chi connectivity index (χ1n) is 5.31. The van der Waals surface area contributed by atoms with E-state index in [1.54, 1.807) is 12.1 Å². The molecule has 1 aromatic heterocycles. The average Bonchev–Trinajstić information content (AvgIpc) is 2.70. The molecule has 3 N–H and O–H groups in total. The van der Waals surface area contributed by atoms with Gasteiger partial charge in [-0.25, -0.2) is 0 Å². The monoisotopic (exact) mass is 230 g/mol. The lowest BCUT2D eigenvalue weighted by molar-refractivity contribution is 0.0997. The highest BCUT2D eigenvalue weighted by Gasteiger charge is 2.12. The van der Waals surface area contributed by atoms with Crippen molar-refractivity contribution in [2.45, 2.75) is 13.8 Å². The fraction of sp³-hybridized carbons (Fsp3) is 0.154. The van der Waals surface area contributed by atoms with Gasteiger partial charge in [-0.05, 0) is 31.0 Å². The molecule has 1 heterocycles. The Morgan fingerprint density at radius 1 is 1.18 bits per heavy atom. The van der Waals surface area contributed by atoms with Gasteiger partial charge in [-0.1, -0.05) is 18.2 Å². The van der Waals surface area contributed by atoms with Gasteiger partial charge in [0.05, 0.1) is 0 Å². The molecule has 1 aromatic carbocycles. The molecule has 0 spiro atoms. The Morgan fingerprint density at radius 3 is 2.35 bits per heavy atom. The van der Waals surface area contributed by atoms with E-state index < -0.39 is 0 Å². The number of carbonyl (C=O) groups excluding carboxylic acids is 1. The number of carbonyl (C=O) groups is 1. The van der Waals surface area contributed by atoms with E-state index >= 15 is 0 Å². The minimum Gasteiger partial charge on any atom is -0.436 e. The van der Waals surface area contributed by atoms with Crippen molar-refractivity contribution in [2.24, 2.45) is 0 Å². The minimum absolute atomic E-state index is 0.213. The van der Waals surface area contributed by atoms with Crippen molar-refractivity contribution < 1.29 is 9.21 Å². The summed E-state index contributed by atoms with van der Waals surface area (Å²) in [6, 6.07) is 8.95. The van der Waals surface area contributed by atoms with Crippen LogP contribution in [-0.4, -0.2) is 5.91 Å². The maximum absolute atomic E-state index is 11.9. The second kappa shape index (κ2) is 4.33. The second-order valence-corrected chi connectivity index (χ2v) is 3.92. The zero-order chi connectivity index (χ0) is 12.4. The molecule has 0 aliphatic heterocycles. The Labute approximate surface area is 99.4 Å². The zero-order valence-electron chi connectivity index (χ0n) is 9.78. The predicted molar refractivity (Wildman–Crippen MR) is 67.0 cm³/mol. The zero-order valence-corrected chi connectivity index (χ0v) is 9.78. The van der Waals surface area contributed by atoms with E-state index in [4.69, 9.17) is 10.2 Å². The number of aryl methyl sites for hydroxylation is 2. The number of amides is 1. The molecule has 2 rings (SSSR count). The van der Waals surface area contributed by atoms with Gasteiger partial charge in [0, 0.05) is 11.8 Å². The number of furan rings is 1. The first-order chi connectivity index (χ1) is 8.08. The van der Waals surface area contributed by atoms with Gasteiger partial charge in [-0.3, -0.25) is 4.79 Å². The molecule has 0 aliphatic rings. The lowest BCUT2D eigenvalue weighted by Crippen LogP contribution is -2.12. The molecule has 0 saturated heterocycles. The van der Waals surface area contributed by atoms with Crippen molar-refractivity contribution in [3.8, 4) is 0 Å². The van der Waals surface area contributed by atoms with Crippen molar-refractivity contribution in [3.63, 3.8) is 0 Å². The van der Waals surface area contributed by atoms with E-state index in [1.165, 1.54) is 0 Å².